The van der Waals surface area contributed by atoms with Gasteiger partial charge in [-0.1, -0.05) is 6.07 Å². The molecule has 0 spiro atoms. The molecule has 13 heavy (non-hydrogen) atoms. The Labute approximate surface area is 79.1 Å². The quantitative estimate of drug-likeness (QED) is 0.711. The van der Waals surface area contributed by atoms with Crippen molar-refractivity contribution in [1.82, 2.24) is 0 Å². The standard InChI is InChI=1S/C9H14N2OS/c1-6-4-5-9(13(10,11)12)8(3)7(6)2/h4-5H,1-3H3,(H3,10,11,12). The Balaban J connectivity index is 3.53. The van der Waals surface area contributed by atoms with Gasteiger partial charge in [-0.05, 0) is 43.5 Å². The van der Waals surface area contributed by atoms with Crippen molar-refractivity contribution in [3.05, 3.63) is 28.8 Å². The van der Waals surface area contributed by atoms with Crippen LogP contribution in [0.3, 0.4) is 0 Å². The van der Waals surface area contributed by atoms with Crippen LogP contribution in [0, 0.1) is 25.6 Å². The highest BCUT2D eigenvalue weighted by atomic mass is 32.2. The van der Waals surface area contributed by atoms with Gasteiger partial charge in [0.1, 0.15) is 9.92 Å². The van der Waals surface area contributed by atoms with Crippen LogP contribution in [0.4, 0.5) is 0 Å². The molecule has 0 bridgehead atoms. The summed E-state index contributed by atoms with van der Waals surface area (Å²) in [7, 11) is -3.07. The van der Waals surface area contributed by atoms with Crippen molar-refractivity contribution < 1.29 is 4.21 Å². The van der Waals surface area contributed by atoms with Gasteiger partial charge in [-0.3, -0.25) is 0 Å². The lowest BCUT2D eigenvalue weighted by molar-refractivity contribution is 0.675. The summed E-state index contributed by atoms with van der Waals surface area (Å²) in [5.41, 5.74) is 3.05. The highest BCUT2D eigenvalue weighted by molar-refractivity contribution is 7.90. The van der Waals surface area contributed by atoms with E-state index in [2.05, 4.69) is 0 Å². The summed E-state index contributed by atoms with van der Waals surface area (Å²) in [4.78, 5) is 0.440. The van der Waals surface area contributed by atoms with Crippen molar-refractivity contribution in [1.29, 1.82) is 4.78 Å². The van der Waals surface area contributed by atoms with E-state index in [9.17, 15) is 4.21 Å². The lowest BCUT2D eigenvalue weighted by Crippen LogP contribution is -2.12. The van der Waals surface area contributed by atoms with Crippen LogP contribution in [-0.2, 0) is 9.92 Å². The van der Waals surface area contributed by atoms with Gasteiger partial charge in [-0.15, -0.1) is 0 Å². The predicted octanol–water partition coefficient (Wildman–Crippen LogP) is 1.89. The normalized spacial score (nSPS) is 15.4. The summed E-state index contributed by atoms with van der Waals surface area (Å²) in [6.45, 7) is 5.77. The summed E-state index contributed by atoms with van der Waals surface area (Å²) >= 11 is 0. The molecule has 0 fully saturated rings. The lowest BCUT2D eigenvalue weighted by Gasteiger charge is -2.10. The molecular weight excluding hydrogens is 184 g/mol. The highest BCUT2D eigenvalue weighted by Crippen LogP contribution is 2.20. The number of hydrogen-bond donors (Lipinski definition) is 2. The molecule has 0 aliphatic heterocycles. The van der Waals surface area contributed by atoms with E-state index in [0.29, 0.717) is 4.90 Å². The molecule has 1 atom stereocenters. The van der Waals surface area contributed by atoms with E-state index >= 15 is 0 Å². The number of rotatable bonds is 1. The summed E-state index contributed by atoms with van der Waals surface area (Å²) in [5, 5.41) is 5.27. The fraction of sp³-hybridized carbons (Fsp3) is 0.333. The largest absolute Gasteiger partial charge is 0.241 e. The Morgan fingerprint density at radius 3 is 2.23 bits per heavy atom. The Bertz CT molecular complexity index is 435. The van der Waals surface area contributed by atoms with Crippen LogP contribution in [0.15, 0.2) is 17.0 Å². The van der Waals surface area contributed by atoms with Crippen molar-refractivity contribution in [3.8, 4) is 0 Å². The van der Waals surface area contributed by atoms with Gasteiger partial charge in [0.25, 0.3) is 0 Å². The molecule has 0 heterocycles. The zero-order chi connectivity index (χ0) is 10.2. The maximum absolute atomic E-state index is 11.3. The smallest absolute Gasteiger partial charge is 0.132 e. The first-order valence-electron chi connectivity index (χ1n) is 3.97. The first kappa shape index (κ1) is 10.2. The van der Waals surface area contributed by atoms with Crippen molar-refractivity contribution >= 4 is 9.92 Å². The molecule has 1 aromatic rings. The molecule has 0 saturated heterocycles. The monoisotopic (exact) mass is 198 g/mol. The molecule has 0 radical (unpaired) electrons. The van der Waals surface area contributed by atoms with Crippen LogP contribution in [0.1, 0.15) is 16.7 Å². The van der Waals surface area contributed by atoms with Gasteiger partial charge in [0.15, 0.2) is 0 Å². The molecular formula is C9H14N2OS. The molecule has 3 N–H and O–H groups in total. The van der Waals surface area contributed by atoms with Crippen LogP contribution in [0.5, 0.6) is 0 Å². The molecule has 3 nitrogen and oxygen atoms in total. The maximum atomic E-state index is 11.3. The van der Waals surface area contributed by atoms with E-state index in [1.807, 2.05) is 26.8 Å². The molecule has 4 heteroatoms. The molecule has 0 amide bonds. The Morgan fingerprint density at radius 2 is 1.77 bits per heavy atom. The van der Waals surface area contributed by atoms with Crippen LogP contribution < -0.4 is 5.14 Å². The predicted molar refractivity (Wildman–Crippen MR) is 54.0 cm³/mol. The highest BCUT2D eigenvalue weighted by Gasteiger charge is 2.10. The van der Waals surface area contributed by atoms with Crippen molar-refractivity contribution in [3.63, 3.8) is 0 Å². The van der Waals surface area contributed by atoms with Gasteiger partial charge in [0.2, 0.25) is 0 Å². The molecule has 72 valence electrons. The summed E-state index contributed by atoms with van der Waals surface area (Å²) in [6, 6.07) is 3.52. The zero-order valence-corrected chi connectivity index (χ0v) is 8.87. The summed E-state index contributed by atoms with van der Waals surface area (Å²) < 4.78 is 18.6. The van der Waals surface area contributed by atoms with Gasteiger partial charge in [-0.2, -0.15) is 0 Å². The summed E-state index contributed by atoms with van der Waals surface area (Å²) in [6.07, 6.45) is 0. The number of nitrogens with two attached hydrogens (primary N) is 1. The number of nitrogens with one attached hydrogen (secondary N) is 1. The molecule has 1 aromatic carbocycles. The Hall–Kier alpha value is -0.870. The summed E-state index contributed by atoms with van der Waals surface area (Å²) in [5.74, 6) is 0. The van der Waals surface area contributed by atoms with Crippen LogP contribution >= 0.6 is 0 Å². The topological polar surface area (TPSA) is 66.9 Å². The fourth-order valence-electron chi connectivity index (χ4n) is 1.26. The molecule has 0 aliphatic rings. The average molecular weight is 198 g/mol. The number of aryl methyl sites for hydroxylation is 1. The van der Waals surface area contributed by atoms with Crippen LogP contribution in [-0.4, -0.2) is 4.21 Å². The minimum absolute atomic E-state index is 0.440. The van der Waals surface area contributed by atoms with E-state index in [0.717, 1.165) is 16.7 Å². The van der Waals surface area contributed by atoms with Crippen molar-refractivity contribution in [2.75, 3.05) is 0 Å². The van der Waals surface area contributed by atoms with Crippen LogP contribution in [0.2, 0.25) is 0 Å². The van der Waals surface area contributed by atoms with Gasteiger partial charge < -0.3 is 0 Å². The van der Waals surface area contributed by atoms with Crippen LogP contribution in [0.25, 0.3) is 0 Å². The second-order valence-electron chi connectivity index (χ2n) is 3.23. The van der Waals surface area contributed by atoms with Gasteiger partial charge in [-0.25, -0.2) is 14.1 Å². The minimum Gasteiger partial charge on any atom is -0.241 e. The third-order valence-electron chi connectivity index (χ3n) is 2.34. The minimum atomic E-state index is -3.07. The molecule has 0 aliphatic carbocycles. The SMILES string of the molecule is Cc1ccc(S(=N)(N)=O)c(C)c1C. The van der Waals surface area contributed by atoms with E-state index < -0.39 is 9.92 Å². The van der Waals surface area contributed by atoms with E-state index in [4.69, 9.17) is 9.92 Å². The van der Waals surface area contributed by atoms with E-state index in [-0.39, 0.29) is 0 Å². The second kappa shape index (κ2) is 3.12. The molecule has 1 unspecified atom stereocenters. The maximum Gasteiger partial charge on any atom is 0.132 e. The first-order valence-corrected chi connectivity index (χ1v) is 5.59. The molecule has 0 aromatic heterocycles. The first-order chi connectivity index (χ1) is 5.84. The Kier molecular flexibility index (Phi) is 2.45. The average Bonchev–Trinajstić information content (AvgIpc) is 1.98. The van der Waals surface area contributed by atoms with E-state index in [1.54, 1.807) is 6.07 Å². The zero-order valence-electron chi connectivity index (χ0n) is 8.05. The van der Waals surface area contributed by atoms with Crippen molar-refractivity contribution in [2.24, 2.45) is 5.14 Å². The number of hydrogen-bond acceptors (Lipinski definition) is 2. The van der Waals surface area contributed by atoms with Gasteiger partial charge in [0, 0.05) is 0 Å². The fourth-order valence-corrected chi connectivity index (χ4v) is 2.14. The third-order valence-corrected chi connectivity index (χ3v) is 3.43. The third kappa shape index (κ3) is 1.89. The molecule has 1 rings (SSSR count). The molecule has 0 saturated carbocycles. The van der Waals surface area contributed by atoms with Crippen molar-refractivity contribution in [2.45, 2.75) is 25.7 Å². The second-order valence-corrected chi connectivity index (χ2v) is 4.87. The van der Waals surface area contributed by atoms with Gasteiger partial charge in [0.05, 0.1) is 4.90 Å². The van der Waals surface area contributed by atoms with E-state index in [1.165, 1.54) is 0 Å². The Morgan fingerprint density at radius 1 is 1.23 bits per heavy atom. The number of benzene rings is 1. The lowest BCUT2D eigenvalue weighted by atomic mass is 10.1. The van der Waals surface area contributed by atoms with Gasteiger partial charge >= 0.3 is 0 Å².